The number of carbonyl (C=O) groups excluding carboxylic acids is 2. The Hall–Kier alpha value is -2.39. The zero-order chi connectivity index (χ0) is 19.8. The Labute approximate surface area is 162 Å². The fraction of sp³-hybridized carbons (Fsp3) is 0.529. The van der Waals surface area contributed by atoms with Crippen molar-refractivity contribution in [2.45, 2.75) is 19.8 Å². The lowest BCUT2D eigenvalue weighted by Gasteiger charge is -2.35. The number of piperazine rings is 1. The van der Waals surface area contributed by atoms with Gasteiger partial charge >= 0.3 is 6.03 Å². The highest BCUT2D eigenvalue weighted by Crippen LogP contribution is 2.31. The van der Waals surface area contributed by atoms with Gasteiger partial charge in [-0.1, -0.05) is 24.9 Å². The fourth-order valence-corrected chi connectivity index (χ4v) is 3.02. The number of benzene rings is 1. The number of amides is 3. The van der Waals surface area contributed by atoms with Gasteiger partial charge in [0.05, 0.1) is 11.5 Å². The van der Waals surface area contributed by atoms with E-state index in [0.717, 1.165) is 12.8 Å². The van der Waals surface area contributed by atoms with Gasteiger partial charge in [0.2, 0.25) is 5.91 Å². The van der Waals surface area contributed by atoms with Gasteiger partial charge in [-0.05, 0) is 18.6 Å². The van der Waals surface area contributed by atoms with E-state index in [1.165, 1.54) is 6.07 Å². The molecule has 1 aliphatic rings. The number of nitrogens with one attached hydrogen (secondary N) is 2. The van der Waals surface area contributed by atoms with Crippen molar-refractivity contribution in [3.05, 3.63) is 33.3 Å². The van der Waals surface area contributed by atoms with E-state index in [1.807, 2.05) is 16.7 Å². The quantitative estimate of drug-likeness (QED) is 0.414. The zero-order valence-electron chi connectivity index (χ0n) is 15.2. The molecule has 1 heterocycles. The van der Waals surface area contributed by atoms with Gasteiger partial charge in [0.25, 0.3) is 5.69 Å². The van der Waals surface area contributed by atoms with E-state index in [1.54, 1.807) is 12.1 Å². The van der Waals surface area contributed by atoms with Crippen LogP contribution in [0.15, 0.2) is 18.2 Å². The number of nitro benzene ring substituents is 1. The third kappa shape index (κ3) is 6.37. The minimum Gasteiger partial charge on any atom is -0.363 e. The van der Waals surface area contributed by atoms with Crippen molar-refractivity contribution in [2.24, 2.45) is 0 Å². The van der Waals surface area contributed by atoms with Crippen molar-refractivity contribution in [1.82, 2.24) is 15.5 Å². The molecule has 2 N–H and O–H groups in total. The van der Waals surface area contributed by atoms with E-state index in [9.17, 15) is 19.7 Å². The second kappa shape index (κ2) is 10.1. The molecule has 0 aliphatic carbocycles. The molecule has 0 radical (unpaired) electrons. The van der Waals surface area contributed by atoms with Gasteiger partial charge in [-0.25, -0.2) is 4.79 Å². The first-order valence-corrected chi connectivity index (χ1v) is 9.27. The molecule has 1 aromatic carbocycles. The summed E-state index contributed by atoms with van der Waals surface area (Å²) in [5.74, 6) is -0.366. The van der Waals surface area contributed by atoms with Gasteiger partial charge < -0.3 is 10.2 Å². The molecule has 1 aromatic rings. The number of unbranched alkanes of at least 4 members (excludes halogenated alkanes) is 1. The van der Waals surface area contributed by atoms with Crippen molar-refractivity contribution in [3.63, 3.8) is 0 Å². The lowest BCUT2D eigenvalue weighted by molar-refractivity contribution is -0.384. The number of hydrogen-bond acceptors (Lipinski definition) is 6. The Morgan fingerprint density at radius 3 is 2.59 bits per heavy atom. The Bertz CT molecular complexity index is 692. The lowest BCUT2D eigenvalue weighted by Crippen LogP contribution is -2.51. The molecule has 0 unspecified atom stereocenters. The van der Waals surface area contributed by atoms with Crippen molar-refractivity contribution in [3.8, 4) is 0 Å². The highest BCUT2D eigenvalue weighted by Gasteiger charge is 2.25. The van der Waals surface area contributed by atoms with Crippen LogP contribution in [0.3, 0.4) is 0 Å². The maximum absolute atomic E-state index is 12.0. The molecule has 0 spiro atoms. The van der Waals surface area contributed by atoms with Crippen LogP contribution >= 0.6 is 11.6 Å². The average molecular weight is 398 g/mol. The van der Waals surface area contributed by atoms with Crippen molar-refractivity contribution >= 4 is 34.9 Å². The second-order valence-corrected chi connectivity index (χ2v) is 6.75. The van der Waals surface area contributed by atoms with Crippen molar-refractivity contribution < 1.29 is 14.5 Å². The summed E-state index contributed by atoms with van der Waals surface area (Å²) in [4.78, 5) is 38.2. The normalized spacial score (nSPS) is 14.7. The van der Waals surface area contributed by atoms with Crippen LogP contribution < -0.4 is 15.5 Å². The van der Waals surface area contributed by atoms with E-state index < -0.39 is 11.0 Å². The summed E-state index contributed by atoms with van der Waals surface area (Å²) in [6.07, 6.45) is 1.82. The predicted molar refractivity (Wildman–Crippen MR) is 103 cm³/mol. The van der Waals surface area contributed by atoms with Crippen LogP contribution in [0.4, 0.5) is 16.2 Å². The number of urea groups is 1. The Morgan fingerprint density at radius 2 is 1.96 bits per heavy atom. The summed E-state index contributed by atoms with van der Waals surface area (Å²) < 4.78 is 0. The number of imide groups is 1. The monoisotopic (exact) mass is 397 g/mol. The van der Waals surface area contributed by atoms with Crippen LogP contribution in [0.2, 0.25) is 5.02 Å². The lowest BCUT2D eigenvalue weighted by atomic mass is 10.2. The molecule has 1 fully saturated rings. The standard InChI is InChI=1S/C17H24ClN5O4/c1-2-3-6-19-17(25)20-16(24)12-21-7-9-22(10-8-21)14-5-4-13(18)11-15(14)23(26)27/h4-5,11H,2-3,6-10,12H2,1H3,(H2,19,20,24,25). The van der Waals surface area contributed by atoms with Crippen LogP contribution in [-0.2, 0) is 4.79 Å². The summed E-state index contributed by atoms with van der Waals surface area (Å²) in [6.45, 7) is 4.86. The second-order valence-electron chi connectivity index (χ2n) is 6.31. The molecule has 3 amide bonds. The van der Waals surface area contributed by atoms with Gasteiger partial charge in [-0.2, -0.15) is 0 Å². The SMILES string of the molecule is CCCCNC(=O)NC(=O)CN1CCN(c2ccc(Cl)cc2[N+](=O)[O-])CC1. The highest BCUT2D eigenvalue weighted by atomic mass is 35.5. The first-order chi connectivity index (χ1) is 12.9. The highest BCUT2D eigenvalue weighted by molar-refractivity contribution is 6.30. The topological polar surface area (TPSA) is 108 Å². The summed E-state index contributed by atoms with van der Waals surface area (Å²) in [5, 5.41) is 16.5. The maximum Gasteiger partial charge on any atom is 0.321 e. The summed E-state index contributed by atoms with van der Waals surface area (Å²) in [7, 11) is 0. The van der Waals surface area contributed by atoms with Gasteiger partial charge in [0.15, 0.2) is 0 Å². The van der Waals surface area contributed by atoms with E-state index in [-0.39, 0.29) is 18.1 Å². The van der Waals surface area contributed by atoms with Crippen LogP contribution in [0, 0.1) is 10.1 Å². The molecular weight excluding hydrogens is 374 g/mol. The van der Waals surface area contributed by atoms with Crippen LogP contribution in [0.5, 0.6) is 0 Å². The van der Waals surface area contributed by atoms with Gasteiger partial charge in [-0.15, -0.1) is 0 Å². The minimum absolute atomic E-state index is 0.0301. The molecule has 1 aliphatic heterocycles. The van der Waals surface area contributed by atoms with E-state index in [2.05, 4.69) is 10.6 Å². The molecule has 0 atom stereocenters. The molecule has 2 rings (SSSR count). The Kier molecular flexibility index (Phi) is 7.81. The summed E-state index contributed by atoms with van der Waals surface area (Å²) in [5.41, 5.74) is 0.487. The largest absolute Gasteiger partial charge is 0.363 e. The number of halogens is 1. The molecule has 148 valence electrons. The zero-order valence-corrected chi connectivity index (χ0v) is 16.0. The van der Waals surface area contributed by atoms with Gasteiger partial charge in [0.1, 0.15) is 5.69 Å². The molecule has 27 heavy (non-hydrogen) atoms. The van der Waals surface area contributed by atoms with Crippen LogP contribution in [0.25, 0.3) is 0 Å². The predicted octanol–water partition coefficient (Wildman–Crippen LogP) is 2.00. The Balaban J connectivity index is 1.83. The third-order valence-corrected chi connectivity index (χ3v) is 4.52. The number of anilines is 1. The number of rotatable bonds is 7. The Morgan fingerprint density at radius 1 is 1.26 bits per heavy atom. The summed E-state index contributed by atoms with van der Waals surface area (Å²) >= 11 is 5.85. The summed E-state index contributed by atoms with van der Waals surface area (Å²) in [6, 6.07) is 4.13. The smallest absolute Gasteiger partial charge is 0.321 e. The third-order valence-electron chi connectivity index (χ3n) is 4.28. The van der Waals surface area contributed by atoms with E-state index >= 15 is 0 Å². The average Bonchev–Trinajstić information content (AvgIpc) is 2.62. The molecule has 0 bridgehead atoms. The number of nitrogens with zero attached hydrogens (tertiary/aromatic N) is 3. The van der Waals surface area contributed by atoms with Gasteiger partial charge in [0, 0.05) is 43.8 Å². The van der Waals surface area contributed by atoms with E-state index in [0.29, 0.717) is 43.4 Å². The molecule has 0 saturated carbocycles. The van der Waals surface area contributed by atoms with Crippen molar-refractivity contribution in [2.75, 3.05) is 44.2 Å². The molecule has 0 aromatic heterocycles. The van der Waals surface area contributed by atoms with Gasteiger partial charge in [-0.3, -0.25) is 25.1 Å². The molecular formula is C17H24ClN5O4. The first-order valence-electron chi connectivity index (χ1n) is 8.89. The first kappa shape index (κ1) is 20.9. The van der Waals surface area contributed by atoms with Crippen molar-refractivity contribution in [1.29, 1.82) is 0 Å². The maximum atomic E-state index is 12.0. The minimum atomic E-state index is -0.483. The number of carbonyl (C=O) groups is 2. The van der Waals surface area contributed by atoms with Crippen LogP contribution in [0.1, 0.15) is 19.8 Å². The molecule has 10 heteroatoms. The van der Waals surface area contributed by atoms with E-state index in [4.69, 9.17) is 11.6 Å². The molecule has 1 saturated heterocycles. The molecule has 9 nitrogen and oxygen atoms in total. The fourth-order valence-electron chi connectivity index (χ4n) is 2.85. The number of nitro groups is 1. The van der Waals surface area contributed by atoms with Crippen LogP contribution in [-0.4, -0.2) is 61.0 Å². The number of hydrogen-bond donors (Lipinski definition) is 2.